The average molecular weight is 336 g/mol. The first-order chi connectivity index (χ1) is 12.2. The van der Waals surface area contributed by atoms with Gasteiger partial charge in [-0.05, 0) is 37.1 Å². The highest BCUT2D eigenvalue weighted by atomic mass is 16.5. The molecular formula is C19H20N4O2. The minimum absolute atomic E-state index is 0.169. The quantitative estimate of drug-likeness (QED) is 0.751. The van der Waals surface area contributed by atoms with Crippen molar-refractivity contribution in [3.8, 4) is 11.4 Å². The van der Waals surface area contributed by atoms with Crippen LogP contribution in [0.2, 0.25) is 0 Å². The van der Waals surface area contributed by atoms with Crippen LogP contribution in [-0.2, 0) is 6.42 Å². The van der Waals surface area contributed by atoms with E-state index in [-0.39, 0.29) is 5.91 Å². The summed E-state index contributed by atoms with van der Waals surface area (Å²) in [6.07, 6.45) is 6.05. The number of rotatable bonds is 6. The molecule has 3 rings (SSSR count). The van der Waals surface area contributed by atoms with Crippen molar-refractivity contribution in [3.05, 3.63) is 71.8 Å². The topological polar surface area (TPSA) is 69.0 Å². The van der Waals surface area contributed by atoms with Crippen molar-refractivity contribution in [1.82, 2.24) is 20.1 Å². The van der Waals surface area contributed by atoms with Gasteiger partial charge in [0.05, 0.1) is 30.8 Å². The van der Waals surface area contributed by atoms with Crippen LogP contribution in [0.25, 0.3) is 5.69 Å². The molecule has 2 aromatic heterocycles. The zero-order chi connectivity index (χ0) is 17.6. The Bertz CT molecular complexity index is 859. The molecule has 0 saturated carbocycles. The Morgan fingerprint density at radius 2 is 2.04 bits per heavy atom. The molecule has 0 saturated heterocycles. The fourth-order valence-corrected chi connectivity index (χ4v) is 2.51. The number of para-hydroxylation sites is 1. The molecule has 0 aliphatic rings. The first-order valence-corrected chi connectivity index (χ1v) is 8.05. The SMILES string of the molecule is COc1cnc(C)cc1C(=O)NCCc1cnn(-c2ccccc2)c1. The zero-order valence-electron chi connectivity index (χ0n) is 14.3. The highest BCUT2D eigenvalue weighted by Gasteiger charge is 2.12. The minimum atomic E-state index is -0.169. The molecule has 128 valence electrons. The second-order valence-corrected chi connectivity index (χ2v) is 5.66. The number of pyridine rings is 1. The smallest absolute Gasteiger partial charge is 0.255 e. The number of hydrogen-bond donors (Lipinski definition) is 1. The van der Waals surface area contributed by atoms with Crippen molar-refractivity contribution in [2.24, 2.45) is 0 Å². The fourth-order valence-electron chi connectivity index (χ4n) is 2.51. The monoisotopic (exact) mass is 336 g/mol. The Morgan fingerprint density at radius 3 is 2.80 bits per heavy atom. The highest BCUT2D eigenvalue weighted by molar-refractivity contribution is 5.96. The summed E-state index contributed by atoms with van der Waals surface area (Å²) in [5.41, 5.74) is 3.34. The van der Waals surface area contributed by atoms with Crippen LogP contribution >= 0.6 is 0 Å². The molecule has 0 radical (unpaired) electrons. The van der Waals surface area contributed by atoms with E-state index >= 15 is 0 Å². The van der Waals surface area contributed by atoms with E-state index in [0.29, 0.717) is 24.3 Å². The third-order valence-corrected chi connectivity index (χ3v) is 3.82. The lowest BCUT2D eigenvalue weighted by molar-refractivity contribution is 0.0951. The molecule has 1 N–H and O–H groups in total. The number of amides is 1. The van der Waals surface area contributed by atoms with Gasteiger partial charge in [0, 0.05) is 18.4 Å². The summed E-state index contributed by atoms with van der Waals surface area (Å²) in [6.45, 7) is 2.36. The van der Waals surface area contributed by atoms with E-state index in [0.717, 1.165) is 16.9 Å². The van der Waals surface area contributed by atoms with E-state index < -0.39 is 0 Å². The van der Waals surface area contributed by atoms with Gasteiger partial charge >= 0.3 is 0 Å². The van der Waals surface area contributed by atoms with Crippen LogP contribution in [0.5, 0.6) is 5.75 Å². The largest absolute Gasteiger partial charge is 0.494 e. The van der Waals surface area contributed by atoms with E-state index in [1.165, 1.54) is 7.11 Å². The van der Waals surface area contributed by atoms with Gasteiger partial charge in [-0.25, -0.2) is 4.68 Å². The van der Waals surface area contributed by atoms with Crippen molar-refractivity contribution in [2.75, 3.05) is 13.7 Å². The van der Waals surface area contributed by atoms with Crippen molar-refractivity contribution < 1.29 is 9.53 Å². The normalized spacial score (nSPS) is 10.5. The van der Waals surface area contributed by atoms with Gasteiger partial charge in [-0.3, -0.25) is 9.78 Å². The molecule has 0 atom stereocenters. The molecule has 1 amide bonds. The van der Waals surface area contributed by atoms with Crippen LogP contribution in [0.3, 0.4) is 0 Å². The Labute approximate surface area is 146 Å². The average Bonchev–Trinajstić information content (AvgIpc) is 3.11. The molecular weight excluding hydrogens is 316 g/mol. The second-order valence-electron chi connectivity index (χ2n) is 5.66. The highest BCUT2D eigenvalue weighted by Crippen LogP contribution is 2.17. The molecule has 25 heavy (non-hydrogen) atoms. The van der Waals surface area contributed by atoms with Crippen molar-refractivity contribution >= 4 is 5.91 Å². The molecule has 3 aromatic rings. The van der Waals surface area contributed by atoms with Gasteiger partial charge in [-0.15, -0.1) is 0 Å². The number of aryl methyl sites for hydroxylation is 1. The van der Waals surface area contributed by atoms with Gasteiger partial charge in [0.2, 0.25) is 0 Å². The van der Waals surface area contributed by atoms with Gasteiger partial charge in [-0.2, -0.15) is 5.10 Å². The zero-order valence-corrected chi connectivity index (χ0v) is 14.3. The number of benzene rings is 1. The van der Waals surface area contributed by atoms with Gasteiger partial charge in [-0.1, -0.05) is 18.2 Å². The van der Waals surface area contributed by atoms with E-state index in [9.17, 15) is 4.79 Å². The number of ether oxygens (including phenoxy) is 1. The summed E-state index contributed by atoms with van der Waals surface area (Å²) in [5, 5.41) is 7.27. The molecule has 6 nitrogen and oxygen atoms in total. The lowest BCUT2D eigenvalue weighted by Crippen LogP contribution is -2.26. The third kappa shape index (κ3) is 4.03. The molecule has 2 heterocycles. The molecule has 0 fully saturated rings. The van der Waals surface area contributed by atoms with Gasteiger partial charge < -0.3 is 10.1 Å². The van der Waals surface area contributed by atoms with Gasteiger partial charge in [0.15, 0.2) is 0 Å². The molecule has 0 aliphatic heterocycles. The summed E-state index contributed by atoms with van der Waals surface area (Å²) in [6, 6.07) is 11.6. The number of methoxy groups -OCH3 is 1. The maximum absolute atomic E-state index is 12.4. The molecule has 0 aliphatic carbocycles. The fraction of sp³-hybridized carbons (Fsp3) is 0.211. The first kappa shape index (κ1) is 16.7. The first-order valence-electron chi connectivity index (χ1n) is 8.05. The number of nitrogens with one attached hydrogen (secondary N) is 1. The molecule has 0 spiro atoms. The van der Waals surface area contributed by atoms with Crippen LogP contribution in [0, 0.1) is 6.92 Å². The molecule has 0 unspecified atom stereocenters. The minimum Gasteiger partial charge on any atom is -0.494 e. The summed E-state index contributed by atoms with van der Waals surface area (Å²) in [5.74, 6) is 0.304. The summed E-state index contributed by atoms with van der Waals surface area (Å²) < 4.78 is 7.03. The van der Waals surface area contributed by atoms with Gasteiger partial charge in [0.25, 0.3) is 5.91 Å². The van der Waals surface area contributed by atoms with Crippen LogP contribution in [0.15, 0.2) is 55.0 Å². The second kappa shape index (κ2) is 7.61. The lowest BCUT2D eigenvalue weighted by atomic mass is 10.2. The Morgan fingerprint density at radius 1 is 1.24 bits per heavy atom. The van der Waals surface area contributed by atoms with E-state index in [1.807, 2.05) is 54.3 Å². The number of nitrogens with zero attached hydrogens (tertiary/aromatic N) is 3. The lowest BCUT2D eigenvalue weighted by Gasteiger charge is -2.09. The standard InChI is InChI=1S/C19H20N4O2/c1-14-10-17(18(25-2)12-21-14)19(24)20-9-8-15-11-22-23(13-15)16-6-4-3-5-7-16/h3-7,10-13H,8-9H2,1-2H3,(H,20,24). The van der Waals surface area contributed by atoms with Crippen LogP contribution in [0.4, 0.5) is 0 Å². The summed E-state index contributed by atoms with van der Waals surface area (Å²) >= 11 is 0. The number of hydrogen-bond acceptors (Lipinski definition) is 4. The molecule has 0 bridgehead atoms. The molecule has 6 heteroatoms. The van der Waals surface area contributed by atoms with Crippen LogP contribution in [-0.4, -0.2) is 34.3 Å². The number of carbonyl (C=O) groups is 1. The Balaban J connectivity index is 1.59. The van der Waals surface area contributed by atoms with Crippen molar-refractivity contribution in [3.63, 3.8) is 0 Å². The van der Waals surface area contributed by atoms with Crippen molar-refractivity contribution in [1.29, 1.82) is 0 Å². The maximum Gasteiger partial charge on any atom is 0.255 e. The van der Waals surface area contributed by atoms with Crippen LogP contribution < -0.4 is 10.1 Å². The maximum atomic E-state index is 12.4. The van der Waals surface area contributed by atoms with Crippen LogP contribution in [0.1, 0.15) is 21.6 Å². The number of carbonyl (C=O) groups excluding carboxylic acids is 1. The third-order valence-electron chi connectivity index (χ3n) is 3.82. The Hall–Kier alpha value is -3.15. The van der Waals surface area contributed by atoms with Crippen molar-refractivity contribution in [2.45, 2.75) is 13.3 Å². The summed E-state index contributed by atoms with van der Waals surface area (Å²) in [4.78, 5) is 16.5. The van der Waals surface area contributed by atoms with E-state index in [1.54, 1.807) is 12.3 Å². The van der Waals surface area contributed by atoms with E-state index in [4.69, 9.17) is 4.74 Å². The van der Waals surface area contributed by atoms with E-state index in [2.05, 4.69) is 15.4 Å². The Kier molecular flexibility index (Phi) is 5.09. The summed E-state index contributed by atoms with van der Waals surface area (Å²) in [7, 11) is 1.53. The number of aromatic nitrogens is 3. The molecule has 1 aromatic carbocycles. The predicted octanol–water partition coefficient (Wildman–Crippen LogP) is 2.56. The predicted molar refractivity (Wildman–Crippen MR) is 95.1 cm³/mol. The van der Waals surface area contributed by atoms with Gasteiger partial charge in [0.1, 0.15) is 5.75 Å².